The molecule has 0 amide bonds. The molecule has 1 N–H and O–H groups in total. The SMILES string of the molecule is C=CCn1ccnc1NC1CCCCC1C(C)C. The lowest BCUT2D eigenvalue weighted by molar-refractivity contribution is 0.252. The van der Waals surface area contributed by atoms with Gasteiger partial charge in [-0.2, -0.15) is 0 Å². The molecule has 2 rings (SSSR count). The van der Waals surface area contributed by atoms with Crippen molar-refractivity contribution >= 4 is 5.95 Å². The van der Waals surface area contributed by atoms with Crippen LogP contribution in [0.25, 0.3) is 0 Å². The van der Waals surface area contributed by atoms with Gasteiger partial charge in [0.05, 0.1) is 0 Å². The molecule has 3 nitrogen and oxygen atoms in total. The van der Waals surface area contributed by atoms with Crippen LogP contribution in [0.2, 0.25) is 0 Å². The topological polar surface area (TPSA) is 29.9 Å². The summed E-state index contributed by atoms with van der Waals surface area (Å²) in [5.74, 6) is 2.51. The fourth-order valence-corrected chi connectivity index (χ4v) is 3.04. The summed E-state index contributed by atoms with van der Waals surface area (Å²) in [4.78, 5) is 4.43. The van der Waals surface area contributed by atoms with E-state index in [1.165, 1.54) is 25.7 Å². The lowest BCUT2D eigenvalue weighted by atomic mass is 9.78. The van der Waals surface area contributed by atoms with Crippen LogP contribution in [0, 0.1) is 11.8 Å². The molecule has 0 aromatic carbocycles. The quantitative estimate of drug-likeness (QED) is 0.804. The van der Waals surface area contributed by atoms with Gasteiger partial charge in [0.1, 0.15) is 0 Å². The minimum Gasteiger partial charge on any atom is -0.353 e. The van der Waals surface area contributed by atoms with Crippen molar-refractivity contribution < 1.29 is 0 Å². The van der Waals surface area contributed by atoms with Crippen molar-refractivity contribution in [3.63, 3.8) is 0 Å². The molecule has 2 atom stereocenters. The molecule has 1 aliphatic rings. The molecule has 18 heavy (non-hydrogen) atoms. The van der Waals surface area contributed by atoms with Gasteiger partial charge in [-0.15, -0.1) is 6.58 Å². The molecular formula is C15H25N3. The number of anilines is 1. The summed E-state index contributed by atoms with van der Waals surface area (Å²) in [5, 5.41) is 3.65. The molecule has 0 saturated heterocycles. The standard InChI is InChI=1S/C15H25N3/c1-4-10-18-11-9-16-15(18)17-14-8-6-5-7-13(14)12(2)3/h4,9,11-14H,1,5-8,10H2,2-3H3,(H,16,17). The number of nitrogens with zero attached hydrogens (tertiary/aromatic N) is 2. The molecule has 2 unspecified atom stereocenters. The summed E-state index contributed by atoms with van der Waals surface area (Å²) in [7, 11) is 0. The highest BCUT2D eigenvalue weighted by atomic mass is 15.2. The van der Waals surface area contributed by atoms with Crippen LogP contribution in [-0.4, -0.2) is 15.6 Å². The molecule has 1 aliphatic carbocycles. The van der Waals surface area contributed by atoms with Crippen molar-refractivity contribution in [1.29, 1.82) is 0 Å². The van der Waals surface area contributed by atoms with E-state index in [1.54, 1.807) is 0 Å². The Hall–Kier alpha value is -1.25. The highest BCUT2D eigenvalue weighted by molar-refractivity contribution is 5.28. The summed E-state index contributed by atoms with van der Waals surface area (Å²) in [6.45, 7) is 9.28. The van der Waals surface area contributed by atoms with Crippen molar-refractivity contribution in [3.8, 4) is 0 Å². The third-order valence-corrected chi connectivity index (χ3v) is 4.03. The van der Waals surface area contributed by atoms with Crippen LogP contribution < -0.4 is 5.32 Å². The lowest BCUT2D eigenvalue weighted by Crippen LogP contribution is -2.36. The molecule has 1 aromatic rings. The Kier molecular flexibility index (Phi) is 4.45. The monoisotopic (exact) mass is 247 g/mol. The first-order valence-electron chi connectivity index (χ1n) is 7.11. The predicted molar refractivity (Wildman–Crippen MR) is 76.6 cm³/mol. The largest absolute Gasteiger partial charge is 0.353 e. The average Bonchev–Trinajstić information content (AvgIpc) is 2.78. The average molecular weight is 247 g/mol. The maximum Gasteiger partial charge on any atom is 0.203 e. The molecule has 1 aromatic heterocycles. The molecule has 0 spiro atoms. The Balaban J connectivity index is 2.06. The van der Waals surface area contributed by atoms with E-state index in [2.05, 4.69) is 35.3 Å². The Labute approximate surface area is 110 Å². The third kappa shape index (κ3) is 2.95. The zero-order valence-corrected chi connectivity index (χ0v) is 11.6. The molecular weight excluding hydrogens is 222 g/mol. The van der Waals surface area contributed by atoms with Crippen molar-refractivity contribution in [3.05, 3.63) is 25.0 Å². The summed E-state index contributed by atoms with van der Waals surface area (Å²) in [6.07, 6.45) is 11.1. The molecule has 0 aliphatic heterocycles. The van der Waals surface area contributed by atoms with Crippen LogP contribution in [0.5, 0.6) is 0 Å². The van der Waals surface area contributed by atoms with Gasteiger partial charge in [0.15, 0.2) is 0 Å². The Morgan fingerprint density at radius 3 is 3.00 bits per heavy atom. The number of hydrogen-bond donors (Lipinski definition) is 1. The normalized spacial score (nSPS) is 24.2. The molecule has 100 valence electrons. The highest BCUT2D eigenvalue weighted by Crippen LogP contribution is 2.31. The van der Waals surface area contributed by atoms with Crippen molar-refractivity contribution in [2.75, 3.05) is 5.32 Å². The number of nitrogens with one attached hydrogen (secondary N) is 1. The van der Waals surface area contributed by atoms with Crippen LogP contribution in [-0.2, 0) is 6.54 Å². The zero-order chi connectivity index (χ0) is 13.0. The smallest absolute Gasteiger partial charge is 0.203 e. The number of rotatable bonds is 5. The second-order valence-electron chi connectivity index (χ2n) is 5.64. The summed E-state index contributed by atoms with van der Waals surface area (Å²) in [5.41, 5.74) is 0. The van der Waals surface area contributed by atoms with Crippen molar-refractivity contribution in [2.45, 2.75) is 52.1 Å². The van der Waals surface area contributed by atoms with E-state index < -0.39 is 0 Å². The van der Waals surface area contributed by atoms with Crippen LogP contribution >= 0.6 is 0 Å². The maximum atomic E-state index is 4.43. The Morgan fingerprint density at radius 2 is 2.28 bits per heavy atom. The molecule has 1 fully saturated rings. The second kappa shape index (κ2) is 6.07. The highest BCUT2D eigenvalue weighted by Gasteiger charge is 2.28. The van der Waals surface area contributed by atoms with E-state index in [0.717, 1.165) is 24.3 Å². The van der Waals surface area contributed by atoms with Gasteiger partial charge in [0, 0.05) is 25.0 Å². The third-order valence-electron chi connectivity index (χ3n) is 4.03. The van der Waals surface area contributed by atoms with Crippen molar-refractivity contribution in [1.82, 2.24) is 9.55 Å². The Bertz CT molecular complexity index is 381. The first-order valence-corrected chi connectivity index (χ1v) is 7.11. The molecule has 1 saturated carbocycles. The van der Waals surface area contributed by atoms with Gasteiger partial charge < -0.3 is 9.88 Å². The summed E-state index contributed by atoms with van der Waals surface area (Å²) < 4.78 is 2.12. The minimum absolute atomic E-state index is 0.574. The number of imidazole rings is 1. The van der Waals surface area contributed by atoms with E-state index in [0.29, 0.717) is 6.04 Å². The summed E-state index contributed by atoms with van der Waals surface area (Å²) in [6, 6.07) is 0.574. The number of allylic oxidation sites excluding steroid dienone is 1. The molecule has 0 radical (unpaired) electrons. The van der Waals surface area contributed by atoms with Crippen LogP contribution in [0.4, 0.5) is 5.95 Å². The van der Waals surface area contributed by atoms with Gasteiger partial charge in [-0.05, 0) is 24.7 Å². The van der Waals surface area contributed by atoms with E-state index in [-0.39, 0.29) is 0 Å². The maximum absolute atomic E-state index is 4.43. The number of hydrogen-bond acceptors (Lipinski definition) is 2. The van der Waals surface area contributed by atoms with E-state index in [1.807, 2.05) is 18.5 Å². The van der Waals surface area contributed by atoms with Gasteiger partial charge in [0.2, 0.25) is 5.95 Å². The van der Waals surface area contributed by atoms with Gasteiger partial charge >= 0.3 is 0 Å². The van der Waals surface area contributed by atoms with Crippen LogP contribution in [0.15, 0.2) is 25.0 Å². The first kappa shape index (κ1) is 13.2. The summed E-state index contributed by atoms with van der Waals surface area (Å²) >= 11 is 0. The Morgan fingerprint density at radius 1 is 1.50 bits per heavy atom. The number of aromatic nitrogens is 2. The lowest BCUT2D eigenvalue weighted by Gasteiger charge is -2.35. The predicted octanol–water partition coefficient (Wildman–Crippen LogP) is 3.70. The minimum atomic E-state index is 0.574. The van der Waals surface area contributed by atoms with Gasteiger partial charge in [0.25, 0.3) is 0 Å². The fraction of sp³-hybridized carbons (Fsp3) is 0.667. The van der Waals surface area contributed by atoms with Gasteiger partial charge in [-0.25, -0.2) is 4.98 Å². The van der Waals surface area contributed by atoms with Crippen LogP contribution in [0.1, 0.15) is 39.5 Å². The van der Waals surface area contributed by atoms with Gasteiger partial charge in [-0.3, -0.25) is 0 Å². The molecule has 0 bridgehead atoms. The molecule has 1 heterocycles. The second-order valence-corrected chi connectivity index (χ2v) is 5.64. The van der Waals surface area contributed by atoms with E-state index >= 15 is 0 Å². The van der Waals surface area contributed by atoms with Crippen molar-refractivity contribution in [2.24, 2.45) is 11.8 Å². The van der Waals surface area contributed by atoms with Gasteiger partial charge in [-0.1, -0.05) is 32.8 Å². The fourth-order valence-electron chi connectivity index (χ4n) is 3.04. The molecule has 3 heteroatoms. The van der Waals surface area contributed by atoms with E-state index in [4.69, 9.17) is 0 Å². The van der Waals surface area contributed by atoms with Crippen LogP contribution in [0.3, 0.4) is 0 Å². The van der Waals surface area contributed by atoms with E-state index in [9.17, 15) is 0 Å². The first-order chi connectivity index (χ1) is 8.72. The zero-order valence-electron chi connectivity index (χ0n) is 11.6.